The minimum Gasteiger partial charge on any atom is -0.313 e. The number of nitrogens with zero attached hydrogens (tertiary/aromatic N) is 3. The third kappa shape index (κ3) is 2.38. The lowest BCUT2D eigenvalue weighted by atomic mass is 10.3. The smallest absolute Gasteiger partial charge is 0.313 e. The molecular weight excluding hydrogens is 240 g/mol. The SMILES string of the molecule is Cn1c(/C=C/[NH+](C)C)c([N+](=O)[O-])c(=O)n(C)c1=O. The van der Waals surface area contributed by atoms with Crippen molar-refractivity contribution in [2.75, 3.05) is 14.1 Å². The van der Waals surface area contributed by atoms with Gasteiger partial charge in [-0.15, -0.1) is 0 Å². The van der Waals surface area contributed by atoms with Gasteiger partial charge in [0.25, 0.3) is 0 Å². The molecule has 1 aromatic heterocycles. The second-order valence-electron chi connectivity index (χ2n) is 4.11. The van der Waals surface area contributed by atoms with Gasteiger partial charge >= 0.3 is 16.9 Å². The predicted molar refractivity (Wildman–Crippen MR) is 65.4 cm³/mol. The van der Waals surface area contributed by atoms with Gasteiger partial charge in [-0.2, -0.15) is 0 Å². The van der Waals surface area contributed by atoms with Gasteiger partial charge in [0, 0.05) is 20.2 Å². The molecule has 1 aromatic rings. The standard InChI is InChI=1S/C10H14N4O4/c1-11(2)6-5-7-8(14(17)18)9(15)13(4)10(16)12(7)3/h5-6H,1-4H3/p+1/b6-5+. The van der Waals surface area contributed by atoms with Crippen molar-refractivity contribution in [2.24, 2.45) is 14.1 Å². The molecule has 0 aliphatic rings. The Kier molecular flexibility index (Phi) is 3.82. The zero-order chi connectivity index (χ0) is 14.0. The number of nitro groups is 1. The van der Waals surface area contributed by atoms with Crippen molar-refractivity contribution in [2.45, 2.75) is 0 Å². The summed E-state index contributed by atoms with van der Waals surface area (Å²) in [5, 5.41) is 10.9. The molecule has 98 valence electrons. The molecule has 1 rings (SSSR count). The Morgan fingerprint density at radius 2 is 1.78 bits per heavy atom. The molecule has 0 aliphatic heterocycles. The van der Waals surface area contributed by atoms with Crippen LogP contribution in [-0.4, -0.2) is 28.2 Å². The number of nitrogens with one attached hydrogen (secondary N) is 1. The van der Waals surface area contributed by atoms with Crippen LogP contribution in [0.4, 0.5) is 5.69 Å². The van der Waals surface area contributed by atoms with Crippen LogP contribution in [0.3, 0.4) is 0 Å². The van der Waals surface area contributed by atoms with Crippen molar-refractivity contribution in [3.63, 3.8) is 0 Å². The summed E-state index contributed by atoms with van der Waals surface area (Å²) in [6.07, 6.45) is 3.01. The summed E-state index contributed by atoms with van der Waals surface area (Å²) >= 11 is 0. The van der Waals surface area contributed by atoms with Crippen LogP contribution in [0.15, 0.2) is 15.8 Å². The maximum Gasteiger partial charge on any atom is 0.357 e. The predicted octanol–water partition coefficient (Wildman–Crippen LogP) is -1.89. The van der Waals surface area contributed by atoms with Crippen LogP contribution >= 0.6 is 0 Å². The summed E-state index contributed by atoms with van der Waals surface area (Å²) in [6, 6.07) is 0. The van der Waals surface area contributed by atoms with Crippen molar-refractivity contribution < 1.29 is 9.82 Å². The zero-order valence-electron chi connectivity index (χ0n) is 10.6. The third-order valence-corrected chi connectivity index (χ3v) is 2.44. The van der Waals surface area contributed by atoms with E-state index in [9.17, 15) is 19.7 Å². The molecule has 0 aromatic carbocycles. The Morgan fingerprint density at radius 1 is 1.22 bits per heavy atom. The van der Waals surface area contributed by atoms with E-state index >= 15 is 0 Å². The first-order valence-electron chi connectivity index (χ1n) is 5.20. The molecule has 0 saturated carbocycles. The maximum atomic E-state index is 11.7. The summed E-state index contributed by atoms with van der Waals surface area (Å²) in [7, 11) is 6.21. The summed E-state index contributed by atoms with van der Waals surface area (Å²) < 4.78 is 1.80. The van der Waals surface area contributed by atoms with Crippen molar-refractivity contribution in [3.8, 4) is 0 Å². The number of hydrogen-bond donors (Lipinski definition) is 1. The number of quaternary nitrogens is 1. The van der Waals surface area contributed by atoms with E-state index in [1.165, 1.54) is 20.2 Å². The van der Waals surface area contributed by atoms with Gasteiger partial charge < -0.3 is 4.90 Å². The van der Waals surface area contributed by atoms with Crippen LogP contribution in [0.1, 0.15) is 5.69 Å². The van der Waals surface area contributed by atoms with Crippen LogP contribution in [0.25, 0.3) is 6.08 Å². The van der Waals surface area contributed by atoms with E-state index in [0.717, 1.165) is 14.0 Å². The monoisotopic (exact) mass is 255 g/mol. The minimum atomic E-state index is -0.906. The molecule has 0 bridgehead atoms. The summed E-state index contributed by atoms with van der Waals surface area (Å²) in [5.74, 6) is 0. The van der Waals surface area contributed by atoms with Gasteiger partial charge in [0.05, 0.1) is 25.2 Å². The fraction of sp³-hybridized carbons (Fsp3) is 0.400. The van der Waals surface area contributed by atoms with Gasteiger partial charge in [0.2, 0.25) is 0 Å². The van der Waals surface area contributed by atoms with Gasteiger partial charge in [0.1, 0.15) is 5.69 Å². The zero-order valence-corrected chi connectivity index (χ0v) is 10.6. The van der Waals surface area contributed by atoms with Crippen molar-refractivity contribution in [1.82, 2.24) is 9.13 Å². The Morgan fingerprint density at radius 3 is 2.22 bits per heavy atom. The topological polar surface area (TPSA) is 91.6 Å². The van der Waals surface area contributed by atoms with Crippen LogP contribution in [0.5, 0.6) is 0 Å². The maximum absolute atomic E-state index is 11.7. The van der Waals surface area contributed by atoms with Crippen LogP contribution in [0.2, 0.25) is 0 Å². The van der Waals surface area contributed by atoms with Gasteiger partial charge in [-0.3, -0.25) is 24.0 Å². The quantitative estimate of drug-likeness (QED) is 0.505. The first-order valence-corrected chi connectivity index (χ1v) is 5.20. The van der Waals surface area contributed by atoms with E-state index in [-0.39, 0.29) is 5.69 Å². The van der Waals surface area contributed by atoms with Crippen LogP contribution in [-0.2, 0) is 14.1 Å². The molecule has 1 N–H and O–H groups in total. The lowest BCUT2D eigenvalue weighted by molar-refractivity contribution is -0.800. The molecule has 1 heterocycles. The van der Waals surface area contributed by atoms with E-state index in [2.05, 4.69) is 0 Å². The van der Waals surface area contributed by atoms with Crippen LogP contribution < -0.4 is 16.1 Å². The molecule has 0 spiro atoms. The Hall–Kier alpha value is -2.22. The van der Waals surface area contributed by atoms with E-state index < -0.39 is 21.9 Å². The van der Waals surface area contributed by atoms with Gasteiger partial charge in [-0.05, 0) is 0 Å². The number of aromatic nitrogens is 2. The molecule has 8 nitrogen and oxygen atoms in total. The minimum absolute atomic E-state index is 0.00528. The number of rotatable bonds is 3. The highest BCUT2D eigenvalue weighted by atomic mass is 16.6. The van der Waals surface area contributed by atoms with Gasteiger partial charge in [-0.1, -0.05) is 0 Å². The lowest BCUT2D eigenvalue weighted by Crippen LogP contribution is -3.00. The molecule has 0 atom stereocenters. The molecular formula is C10H15N4O4+. The highest BCUT2D eigenvalue weighted by Gasteiger charge is 2.23. The van der Waals surface area contributed by atoms with E-state index in [1.54, 1.807) is 6.20 Å². The highest BCUT2D eigenvalue weighted by molar-refractivity contribution is 5.55. The average molecular weight is 255 g/mol. The van der Waals surface area contributed by atoms with E-state index in [4.69, 9.17) is 0 Å². The van der Waals surface area contributed by atoms with Crippen molar-refractivity contribution in [1.29, 1.82) is 0 Å². The van der Waals surface area contributed by atoms with Gasteiger partial charge in [-0.25, -0.2) is 4.79 Å². The normalized spacial score (nSPS) is 11.4. The Balaban J connectivity index is 3.73. The molecule has 18 heavy (non-hydrogen) atoms. The Bertz CT molecular complexity index is 624. The fourth-order valence-electron chi connectivity index (χ4n) is 1.45. The van der Waals surface area contributed by atoms with Crippen molar-refractivity contribution in [3.05, 3.63) is 42.8 Å². The molecule has 0 unspecified atom stereocenters. The molecule has 0 radical (unpaired) electrons. The fourth-order valence-corrected chi connectivity index (χ4v) is 1.45. The van der Waals surface area contributed by atoms with Crippen LogP contribution in [0, 0.1) is 10.1 Å². The molecule has 0 fully saturated rings. The highest BCUT2D eigenvalue weighted by Crippen LogP contribution is 2.11. The summed E-state index contributed by atoms with van der Waals surface area (Å²) in [4.78, 5) is 34.5. The van der Waals surface area contributed by atoms with Crippen molar-refractivity contribution >= 4 is 11.8 Å². The summed E-state index contributed by atoms with van der Waals surface area (Å²) in [6.45, 7) is 0. The van der Waals surface area contributed by atoms with E-state index in [1.807, 2.05) is 14.1 Å². The largest absolute Gasteiger partial charge is 0.357 e. The number of hydrogen-bond acceptors (Lipinski definition) is 4. The molecule has 0 amide bonds. The van der Waals surface area contributed by atoms with Gasteiger partial charge in [0.15, 0.2) is 0 Å². The average Bonchev–Trinajstić information content (AvgIpc) is 2.28. The van der Waals surface area contributed by atoms with E-state index in [0.29, 0.717) is 0 Å². The first kappa shape index (κ1) is 13.8. The molecule has 8 heteroatoms. The third-order valence-electron chi connectivity index (χ3n) is 2.44. The molecule has 0 saturated heterocycles. The first-order chi connectivity index (χ1) is 8.27. The molecule has 0 aliphatic carbocycles. The summed E-state index contributed by atoms with van der Waals surface area (Å²) in [5.41, 5.74) is -2.11. The Labute approximate surface area is 103 Å². The second-order valence-corrected chi connectivity index (χ2v) is 4.11. The second kappa shape index (κ2) is 4.96. The lowest BCUT2D eigenvalue weighted by Gasteiger charge is -2.07.